The lowest BCUT2D eigenvalue weighted by atomic mass is 9.84. The summed E-state index contributed by atoms with van der Waals surface area (Å²) in [5.74, 6) is 0. The van der Waals surface area contributed by atoms with Crippen LogP contribution in [0.1, 0.15) is 30.5 Å². The lowest BCUT2D eigenvalue weighted by Gasteiger charge is -2.41. The molecule has 0 fully saturated rings. The summed E-state index contributed by atoms with van der Waals surface area (Å²) < 4.78 is -0.297. The van der Waals surface area contributed by atoms with Crippen LogP contribution >= 0.6 is 11.8 Å². The zero-order valence-corrected chi connectivity index (χ0v) is 17.6. The molecule has 3 aromatic carbocycles. The third-order valence-electron chi connectivity index (χ3n) is 4.84. The zero-order valence-electron chi connectivity index (χ0n) is 16.8. The van der Waals surface area contributed by atoms with Crippen molar-refractivity contribution in [1.29, 1.82) is 0 Å². The first kappa shape index (κ1) is 20.7. The third kappa shape index (κ3) is 4.67. The van der Waals surface area contributed by atoms with E-state index in [0.29, 0.717) is 6.54 Å². The van der Waals surface area contributed by atoms with Crippen molar-refractivity contribution in [2.45, 2.75) is 23.3 Å². The van der Waals surface area contributed by atoms with Crippen molar-refractivity contribution in [1.82, 2.24) is 5.32 Å². The van der Waals surface area contributed by atoms with Crippen molar-refractivity contribution in [3.8, 4) is 0 Å². The van der Waals surface area contributed by atoms with E-state index in [-0.39, 0.29) is 9.49 Å². The highest BCUT2D eigenvalue weighted by Crippen LogP contribution is 2.52. The monoisotopic (exact) mass is 390 g/mol. The molecule has 0 aromatic heterocycles. The van der Waals surface area contributed by atoms with E-state index in [1.165, 1.54) is 16.7 Å². The summed E-state index contributed by atoms with van der Waals surface area (Å²) in [6.45, 7) is 7.00. The van der Waals surface area contributed by atoms with Crippen LogP contribution < -0.4 is 11.1 Å². The number of hydrogen-bond donors (Lipinski definition) is 2. The topological polar surface area (TPSA) is 38.0 Å². The minimum absolute atomic E-state index is 0.00328. The van der Waals surface area contributed by atoms with Gasteiger partial charge in [-0.05, 0) is 30.5 Å². The van der Waals surface area contributed by atoms with Gasteiger partial charge in [-0.15, -0.1) is 11.8 Å². The summed E-state index contributed by atoms with van der Waals surface area (Å²) in [6, 6.07) is 32.5. The molecule has 0 amide bonds. The molecule has 0 unspecified atom stereocenters. The van der Waals surface area contributed by atoms with Crippen molar-refractivity contribution in [2.24, 2.45) is 5.73 Å². The van der Waals surface area contributed by atoms with Gasteiger partial charge in [-0.3, -0.25) is 0 Å². The van der Waals surface area contributed by atoms with Crippen LogP contribution in [0.15, 0.2) is 91.0 Å². The zero-order chi connectivity index (χ0) is 19.9. The first-order valence-electron chi connectivity index (χ1n) is 9.86. The number of nitrogens with two attached hydrogens (primary N) is 1. The molecule has 146 valence electrons. The van der Waals surface area contributed by atoms with Crippen LogP contribution in [-0.4, -0.2) is 24.4 Å². The Morgan fingerprint density at radius 1 is 0.714 bits per heavy atom. The predicted molar refractivity (Wildman–Crippen MR) is 123 cm³/mol. The number of benzene rings is 3. The van der Waals surface area contributed by atoms with Crippen molar-refractivity contribution < 1.29 is 0 Å². The second-order valence-electron chi connectivity index (χ2n) is 7.61. The Labute approximate surface area is 173 Å². The lowest BCUT2D eigenvalue weighted by Crippen LogP contribution is -2.40. The summed E-state index contributed by atoms with van der Waals surface area (Å²) >= 11 is 2.00. The van der Waals surface area contributed by atoms with E-state index < -0.39 is 0 Å². The normalized spacial score (nSPS) is 12.1. The molecule has 0 saturated carbocycles. The van der Waals surface area contributed by atoms with Gasteiger partial charge in [0.25, 0.3) is 0 Å². The van der Waals surface area contributed by atoms with Crippen molar-refractivity contribution in [2.75, 3.05) is 19.6 Å². The van der Waals surface area contributed by atoms with E-state index in [9.17, 15) is 0 Å². The van der Waals surface area contributed by atoms with E-state index >= 15 is 0 Å². The Hall–Kier alpha value is -2.07. The van der Waals surface area contributed by atoms with E-state index in [1.807, 2.05) is 11.8 Å². The Morgan fingerprint density at radius 2 is 1.11 bits per heavy atom. The molecule has 0 aliphatic heterocycles. The van der Waals surface area contributed by atoms with E-state index in [1.54, 1.807) is 0 Å². The Bertz CT molecular complexity index is 736. The van der Waals surface area contributed by atoms with E-state index in [0.717, 1.165) is 13.1 Å². The minimum atomic E-state index is -0.294. The van der Waals surface area contributed by atoms with Crippen LogP contribution in [0.4, 0.5) is 0 Å². The molecular formula is C25H30N2S. The van der Waals surface area contributed by atoms with Crippen LogP contribution in [0, 0.1) is 0 Å². The van der Waals surface area contributed by atoms with Gasteiger partial charge >= 0.3 is 0 Å². The molecule has 28 heavy (non-hydrogen) atoms. The second-order valence-corrected chi connectivity index (χ2v) is 9.53. The molecule has 0 aliphatic carbocycles. The molecule has 3 heteroatoms. The van der Waals surface area contributed by atoms with Crippen LogP contribution in [0.2, 0.25) is 0 Å². The molecule has 3 rings (SSSR count). The summed E-state index contributed by atoms with van der Waals surface area (Å²) in [5.41, 5.74) is 9.58. The summed E-state index contributed by atoms with van der Waals surface area (Å²) in [7, 11) is 0. The van der Waals surface area contributed by atoms with Gasteiger partial charge in [0.15, 0.2) is 0 Å². The highest BCUT2D eigenvalue weighted by molar-refractivity contribution is 8.02. The van der Waals surface area contributed by atoms with Gasteiger partial charge in [-0.2, -0.15) is 0 Å². The molecule has 0 radical (unpaired) electrons. The summed E-state index contributed by atoms with van der Waals surface area (Å²) in [5, 5.41) is 3.51. The quantitative estimate of drug-likeness (QED) is 0.397. The maximum atomic E-state index is 5.69. The van der Waals surface area contributed by atoms with Gasteiger partial charge < -0.3 is 11.1 Å². The fourth-order valence-corrected chi connectivity index (χ4v) is 5.40. The molecule has 0 heterocycles. The fraction of sp³-hybridized carbons (Fsp3) is 0.280. The van der Waals surface area contributed by atoms with Gasteiger partial charge in [0.05, 0.1) is 4.75 Å². The smallest absolute Gasteiger partial charge is 0.0912 e. The number of rotatable bonds is 9. The first-order chi connectivity index (χ1) is 13.6. The van der Waals surface area contributed by atoms with Crippen LogP contribution in [0.3, 0.4) is 0 Å². The maximum absolute atomic E-state index is 5.69. The number of hydrogen-bond acceptors (Lipinski definition) is 3. The van der Waals surface area contributed by atoms with Crippen LogP contribution in [-0.2, 0) is 4.75 Å². The molecule has 0 aliphatic rings. The second kappa shape index (κ2) is 9.42. The van der Waals surface area contributed by atoms with E-state index in [2.05, 4.69) is 110 Å². The largest absolute Gasteiger partial charge is 0.329 e. The number of thioether (sulfide) groups is 1. The van der Waals surface area contributed by atoms with Gasteiger partial charge in [-0.25, -0.2) is 0 Å². The molecule has 2 nitrogen and oxygen atoms in total. The standard InChI is InChI=1S/C25H30N2S/c1-24(2,20-27-19-18-26)28-25(21-12-6-3-7-13-21,22-14-8-4-9-15-22)23-16-10-5-11-17-23/h3-17,27H,18-20,26H2,1-2H3. The molecular weight excluding hydrogens is 360 g/mol. The summed E-state index contributed by atoms with van der Waals surface area (Å²) in [6.07, 6.45) is 0. The lowest BCUT2D eigenvalue weighted by molar-refractivity contribution is 0.590. The highest BCUT2D eigenvalue weighted by atomic mass is 32.2. The summed E-state index contributed by atoms with van der Waals surface area (Å²) in [4.78, 5) is 0. The average molecular weight is 391 g/mol. The van der Waals surface area contributed by atoms with Gasteiger partial charge in [-0.1, -0.05) is 91.0 Å². The Balaban J connectivity index is 2.17. The molecule has 0 saturated heterocycles. The SMILES string of the molecule is CC(C)(CNCCN)SC(c1ccccc1)(c1ccccc1)c1ccccc1. The van der Waals surface area contributed by atoms with Crippen LogP contribution in [0.25, 0.3) is 0 Å². The Morgan fingerprint density at radius 3 is 1.46 bits per heavy atom. The average Bonchev–Trinajstić information content (AvgIpc) is 2.74. The van der Waals surface area contributed by atoms with E-state index in [4.69, 9.17) is 5.73 Å². The Kier molecular flexibility index (Phi) is 6.95. The molecule has 0 bridgehead atoms. The predicted octanol–water partition coefficient (Wildman–Crippen LogP) is 5.04. The highest BCUT2D eigenvalue weighted by Gasteiger charge is 2.41. The van der Waals surface area contributed by atoms with Crippen LogP contribution in [0.5, 0.6) is 0 Å². The van der Waals surface area contributed by atoms with Crippen molar-refractivity contribution >= 4 is 11.8 Å². The first-order valence-corrected chi connectivity index (χ1v) is 10.7. The fourth-order valence-electron chi connectivity index (χ4n) is 3.64. The van der Waals surface area contributed by atoms with Gasteiger partial charge in [0.2, 0.25) is 0 Å². The molecule has 0 atom stereocenters. The molecule has 0 spiro atoms. The van der Waals surface area contributed by atoms with Crippen molar-refractivity contribution in [3.05, 3.63) is 108 Å². The maximum Gasteiger partial charge on any atom is 0.0912 e. The van der Waals surface area contributed by atoms with Crippen molar-refractivity contribution in [3.63, 3.8) is 0 Å². The third-order valence-corrected chi connectivity index (χ3v) is 6.55. The van der Waals surface area contributed by atoms with Gasteiger partial charge in [0, 0.05) is 24.4 Å². The van der Waals surface area contributed by atoms with Gasteiger partial charge in [0.1, 0.15) is 0 Å². The number of nitrogens with one attached hydrogen (secondary N) is 1. The molecule has 3 aromatic rings. The minimum Gasteiger partial charge on any atom is -0.329 e. The molecule has 3 N–H and O–H groups in total.